The first-order valence-corrected chi connectivity index (χ1v) is 9.00. The Bertz CT molecular complexity index is 465. The number of rotatable bonds is 8. The van der Waals surface area contributed by atoms with E-state index in [1.807, 2.05) is 0 Å². The zero-order chi connectivity index (χ0) is 14.3. The minimum absolute atomic E-state index is 0.351. The van der Waals surface area contributed by atoms with Gasteiger partial charge in [0.1, 0.15) is 0 Å². The lowest BCUT2D eigenvalue weighted by Gasteiger charge is -2.16. The Labute approximate surface area is 121 Å². The fourth-order valence-corrected chi connectivity index (χ4v) is 2.93. The molecular weight excluding hydrogens is 282 g/mol. The summed E-state index contributed by atoms with van der Waals surface area (Å²) in [6.07, 6.45) is 4.52. The highest BCUT2D eigenvalue weighted by Crippen LogP contribution is 2.17. The lowest BCUT2D eigenvalue weighted by molar-refractivity contribution is 0.490. The highest BCUT2D eigenvalue weighted by Gasteiger charge is 2.08. The van der Waals surface area contributed by atoms with Crippen LogP contribution in [0.4, 0.5) is 5.69 Å². The van der Waals surface area contributed by atoms with Crippen molar-refractivity contribution in [3.8, 4) is 0 Å². The molecule has 1 atom stereocenters. The van der Waals surface area contributed by atoms with Gasteiger partial charge < -0.3 is 5.32 Å². The first kappa shape index (κ1) is 16.3. The molecule has 0 spiro atoms. The highest BCUT2D eigenvalue weighted by atomic mass is 35.5. The molecule has 0 aromatic heterocycles. The zero-order valence-corrected chi connectivity index (χ0v) is 13.1. The Morgan fingerprint density at radius 1 is 1.21 bits per heavy atom. The van der Waals surface area contributed by atoms with Crippen molar-refractivity contribution in [3.63, 3.8) is 0 Å². The minimum Gasteiger partial charge on any atom is -0.385 e. The number of anilines is 1. The van der Waals surface area contributed by atoms with Crippen LogP contribution in [0.15, 0.2) is 29.2 Å². The maximum Gasteiger partial charge on any atom is 0.175 e. The number of alkyl halides is 1. The summed E-state index contributed by atoms with van der Waals surface area (Å²) in [6, 6.07) is 6.88. The number of nitrogens with one attached hydrogen (secondary N) is 1. The quantitative estimate of drug-likeness (QED) is 0.747. The molecule has 0 aliphatic rings. The van der Waals surface area contributed by atoms with E-state index in [4.69, 9.17) is 11.6 Å². The molecule has 5 heteroatoms. The van der Waals surface area contributed by atoms with E-state index in [0.29, 0.717) is 16.7 Å². The van der Waals surface area contributed by atoms with E-state index in [-0.39, 0.29) is 0 Å². The van der Waals surface area contributed by atoms with Gasteiger partial charge in [0.15, 0.2) is 9.84 Å². The molecule has 0 radical (unpaired) electrons. The van der Waals surface area contributed by atoms with Gasteiger partial charge in [-0.05, 0) is 43.0 Å². The Hall–Kier alpha value is -0.740. The summed E-state index contributed by atoms with van der Waals surface area (Å²) in [5, 5.41) is 3.34. The Morgan fingerprint density at radius 3 is 2.32 bits per heavy atom. The molecule has 0 saturated heterocycles. The molecule has 1 N–H and O–H groups in total. The van der Waals surface area contributed by atoms with Gasteiger partial charge in [0.2, 0.25) is 0 Å². The van der Waals surface area contributed by atoms with Crippen LogP contribution in [0.2, 0.25) is 0 Å². The van der Waals surface area contributed by atoms with E-state index in [1.54, 1.807) is 24.3 Å². The average molecular weight is 304 g/mol. The molecule has 108 valence electrons. The predicted octanol–water partition coefficient (Wildman–Crippen LogP) is 3.55. The molecule has 0 aliphatic carbocycles. The van der Waals surface area contributed by atoms with Crippen molar-refractivity contribution in [2.24, 2.45) is 5.92 Å². The van der Waals surface area contributed by atoms with Crippen molar-refractivity contribution in [2.45, 2.75) is 31.1 Å². The smallest absolute Gasteiger partial charge is 0.175 e. The number of hydrogen-bond donors (Lipinski definition) is 1. The van der Waals surface area contributed by atoms with E-state index in [0.717, 1.165) is 31.5 Å². The summed E-state index contributed by atoms with van der Waals surface area (Å²) < 4.78 is 22.7. The summed E-state index contributed by atoms with van der Waals surface area (Å²) >= 11 is 5.79. The lowest BCUT2D eigenvalue weighted by atomic mass is 10.0. The molecule has 0 saturated carbocycles. The van der Waals surface area contributed by atoms with E-state index in [2.05, 4.69) is 12.2 Å². The van der Waals surface area contributed by atoms with Crippen molar-refractivity contribution < 1.29 is 8.42 Å². The summed E-state index contributed by atoms with van der Waals surface area (Å²) in [6.45, 7) is 3.04. The second-order valence-electron chi connectivity index (χ2n) is 4.81. The molecule has 1 aromatic carbocycles. The molecule has 0 bridgehead atoms. The normalized spacial score (nSPS) is 13.2. The summed E-state index contributed by atoms with van der Waals surface area (Å²) in [7, 11) is -3.11. The maximum absolute atomic E-state index is 11.3. The summed E-state index contributed by atoms with van der Waals surface area (Å²) in [5.41, 5.74) is 0.947. The SMILES string of the molecule is CCCC(CCCl)CNc1ccc(S(C)(=O)=O)cc1. The van der Waals surface area contributed by atoms with Crippen molar-refractivity contribution in [2.75, 3.05) is 24.0 Å². The number of hydrogen-bond acceptors (Lipinski definition) is 3. The van der Waals surface area contributed by atoms with E-state index in [9.17, 15) is 8.42 Å². The largest absolute Gasteiger partial charge is 0.385 e. The van der Waals surface area contributed by atoms with Gasteiger partial charge in [-0.15, -0.1) is 11.6 Å². The lowest BCUT2D eigenvalue weighted by Crippen LogP contribution is -2.14. The molecule has 0 amide bonds. The van der Waals surface area contributed by atoms with Crippen molar-refractivity contribution in [1.29, 1.82) is 0 Å². The molecule has 0 aliphatic heterocycles. The Balaban J connectivity index is 2.58. The third kappa shape index (κ3) is 5.83. The third-order valence-electron chi connectivity index (χ3n) is 3.09. The van der Waals surface area contributed by atoms with Crippen LogP contribution in [0.1, 0.15) is 26.2 Å². The zero-order valence-electron chi connectivity index (χ0n) is 11.5. The molecule has 1 rings (SSSR count). The Morgan fingerprint density at radius 2 is 1.84 bits per heavy atom. The summed E-state index contributed by atoms with van der Waals surface area (Å²) in [4.78, 5) is 0.351. The van der Waals surface area contributed by atoms with E-state index in [1.165, 1.54) is 6.26 Å². The van der Waals surface area contributed by atoms with Crippen LogP contribution in [-0.4, -0.2) is 27.1 Å². The van der Waals surface area contributed by atoms with Gasteiger partial charge in [-0.3, -0.25) is 0 Å². The third-order valence-corrected chi connectivity index (χ3v) is 4.44. The van der Waals surface area contributed by atoms with E-state index < -0.39 is 9.84 Å². The molecule has 0 heterocycles. The molecule has 1 unspecified atom stereocenters. The van der Waals surface area contributed by atoms with Crippen molar-refractivity contribution in [1.82, 2.24) is 0 Å². The molecule has 19 heavy (non-hydrogen) atoms. The van der Waals surface area contributed by atoms with Gasteiger partial charge >= 0.3 is 0 Å². The average Bonchev–Trinajstić information content (AvgIpc) is 2.36. The monoisotopic (exact) mass is 303 g/mol. The van der Waals surface area contributed by atoms with Crippen LogP contribution in [0, 0.1) is 5.92 Å². The number of halogens is 1. The first-order chi connectivity index (χ1) is 8.97. The van der Waals surface area contributed by atoms with Crippen molar-refractivity contribution in [3.05, 3.63) is 24.3 Å². The molecule has 0 fully saturated rings. The second kappa shape index (κ2) is 7.75. The minimum atomic E-state index is -3.11. The van der Waals surface area contributed by atoms with E-state index >= 15 is 0 Å². The van der Waals surface area contributed by atoms with Gasteiger partial charge in [0, 0.05) is 24.4 Å². The predicted molar refractivity (Wildman–Crippen MR) is 81.8 cm³/mol. The van der Waals surface area contributed by atoms with Crippen LogP contribution in [-0.2, 0) is 9.84 Å². The van der Waals surface area contributed by atoms with Crippen LogP contribution >= 0.6 is 11.6 Å². The highest BCUT2D eigenvalue weighted by molar-refractivity contribution is 7.90. The standard InChI is InChI=1S/C14H22ClNO2S/c1-3-4-12(9-10-15)11-16-13-5-7-14(8-6-13)19(2,17)18/h5-8,12,16H,3-4,9-11H2,1-2H3. The Kier molecular flexibility index (Phi) is 6.66. The van der Waals surface area contributed by atoms with Crippen LogP contribution in [0.25, 0.3) is 0 Å². The van der Waals surface area contributed by atoms with Gasteiger partial charge in [-0.2, -0.15) is 0 Å². The number of sulfone groups is 1. The van der Waals surface area contributed by atoms with Gasteiger partial charge in [-0.25, -0.2) is 8.42 Å². The van der Waals surface area contributed by atoms with Crippen molar-refractivity contribution >= 4 is 27.1 Å². The fraction of sp³-hybridized carbons (Fsp3) is 0.571. The van der Waals surface area contributed by atoms with Gasteiger partial charge in [0.25, 0.3) is 0 Å². The summed E-state index contributed by atoms with van der Waals surface area (Å²) in [5.74, 6) is 1.25. The first-order valence-electron chi connectivity index (χ1n) is 6.57. The van der Waals surface area contributed by atoms with Crippen LogP contribution in [0.3, 0.4) is 0 Å². The second-order valence-corrected chi connectivity index (χ2v) is 7.20. The van der Waals surface area contributed by atoms with Gasteiger partial charge in [0.05, 0.1) is 4.90 Å². The van der Waals surface area contributed by atoms with Crippen LogP contribution in [0.5, 0.6) is 0 Å². The molecular formula is C14H22ClNO2S. The topological polar surface area (TPSA) is 46.2 Å². The maximum atomic E-state index is 11.3. The fourth-order valence-electron chi connectivity index (χ4n) is 1.99. The molecule has 3 nitrogen and oxygen atoms in total. The van der Waals surface area contributed by atoms with Crippen LogP contribution < -0.4 is 5.32 Å². The molecule has 1 aromatic rings. The van der Waals surface area contributed by atoms with Gasteiger partial charge in [-0.1, -0.05) is 13.3 Å². The number of benzene rings is 1.